The van der Waals surface area contributed by atoms with Crippen molar-refractivity contribution >= 4 is 11.8 Å². The SMILES string of the molecule is CC/C=C\C/C=C\C/C=C\C/C=C\C/C=C\CCCC(=O)NCCOCCNC(=O)c1ccc(CCN2CCCC2)nc1. The summed E-state index contributed by atoms with van der Waals surface area (Å²) in [6.45, 7) is 7.24. The number of likely N-dealkylation sites (tertiary alicyclic amines) is 1. The number of hydrogen-bond donors (Lipinski definition) is 2. The lowest BCUT2D eigenvalue weighted by molar-refractivity contribution is -0.121. The molecule has 43 heavy (non-hydrogen) atoms. The molecule has 1 aromatic heterocycles. The van der Waals surface area contributed by atoms with E-state index in [1.54, 1.807) is 6.20 Å². The van der Waals surface area contributed by atoms with Crippen LogP contribution in [0.3, 0.4) is 0 Å². The van der Waals surface area contributed by atoms with E-state index in [2.05, 4.69) is 88.2 Å². The van der Waals surface area contributed by atoms with E-state index in [9.17, 15) is 9.59 Å². The van der Waals surface area contributed by atoms with Crippen LogP contribution >= 0.6 is 0 Å². The van der Waals surface area contributed by atoms with Crippen LogP contribution in [0, 0.1) is 0 Å². The van der Waals surface area contributed by atoms with E-state index in [0.717, 1.165) is 63.6 Å². The zero-order valence-corrected chi connectivity index (χ0v) is 26.4. The number of unbranched alkanes of at least 4 members (excludes halogenated alkanes) is 1. The number of ether oxygens (including phenoxy) is 1. The lowest BCUT2D eigenvalue weighted by Gasteiger charge is -2.13. The Morgan fingerprint density at radius 1 is 0.837 bits per heavy atom. The van der Waals surface area contributed by atoms with Crippen LogP contribution in [0.4, 0.5) is 0 Å². The third-order valence-electron chi connectivity index (χ3n) is 7.00. The van der Waals surface area contributed by atoms with Gasteiger partial charge in [-0.3, -0.25) is 14.6 Å². The first-order chi connectivity index (χ1) is 21.2. The number of aromatic nitrogens is 1. The van der Waals surface area contributed by atoms with Gasteiger partial charge in [0.05, 0.1) is 18.8 Å². The fraction of sp³-hybridized carbons (Fsp3) is 0.528. The van der Waals surface area contributed by atoms with Crippen LogP contribution in [0.25, 0.3) is 0 Å². The minimum absolute atomic E-state index is 0.0423. The molecule has 2 amide bonds. The van der Waals surface area contributed by atoms with Crippen molar-refractivity contribution in [2.24, 2.45) is 0 Å². The number of nitrogens with one attached hydrogen (secondary N) is 2. The van der Waals surface area contributed by atoms with Gasteiger partial charge in [0.2, 0.25) is 5.91 Å². The number of carbonyl (C=O) groups excluding carboxylic acids is 2. The third kappa shape index (κ3) is 19.5. The molecule has 236 valence electrons. The minimum Gasteiger partial charge on any atom is -0.378 e. The summed E-state index contributed by atoms with van der Waals surface area (Å²) in [7, 11) is 0. The van der Waals surface area contributed by atoms with E-state index in [0.29, 0.717) is 38.3 Å². The molecule has 0 radical (unpaired) electrons. The number of rotatable bonds is 23. The van der Waals surface area contributed by atoms with Crippen LogP contribution in [0.1, 0.15) is 87.2 Å². The monoisotopic (exact) mass is 590 g/mol. The van der Waals surface area contributed by atoms with E-state index in [1.165, 1.54) is 25.9 Å². The first-order valence-corrected chi connectivity index (χ1v) is 16.2. The zero-order valence-electron chi connectivity index (χ0n) is 26.4. The molecule has 1 aromatic rings. The molecule has 1 fully saturated rings. The molecule has 0 unspecified atom stereocenters. The summed E-state index contributed by atoms with van der Waals surface area (Å²) in [5.41, 5.74) is 1.57. The molecule has 2 heterocycles. The lowest BCUT2D eigenvalue weighted by Crippen LogP contribution is -2.30. The highest BCUT2D eigenvalue weighted by Crippen LogP contribution is 2.09. The van der Waals surface area contributed by atoms with Crippen molar-refractivity contribution in [3.05, 3.63) is 90.3 Å². The Kier molecular flexibility index (Phi) is 21.1. The second-order valence-electron chi connectivity index (χ2n) is 10.7. The summed E-state index contributed by atoms with van der Waals surface area (Å²) < 4.78 is 5.53. The second-order valence-corrected chi connectivity index (χ2v) is 10.7. The van der Waals surface area contributed by atoms with Crippen LogP contribution in [-0.4, -0.2) is 67.6 Å². The molecule has 0 aliphatic carbocycles. The van der Waals surface area contributed by atoms with Gasteiger partial charge >= 0.3 is 0 Å². The van der Waals surface area contributed by atoms with Crippen LogP contribution in [0.2, 0.25) is 0 Å². The fourth-order valence-corrected chi connectivity index (χ4v) is 4.53. The Morgan fingerprint density at radius 3 is 2.05 bits per heavy atom. The molecule has 1 aliphatic heterocycles. The van der Waals surface area contributed by atoms with Gasteiger partial charge in [0.1, 0.15) is 0 Å². The number of hydrogen-bond acceptors (Lipinski definition) is 5. The molecule has 2 N–H and O–H groups in total. The molecule has 7 nitrogen and oxygen atoms in total. The number of nitrogens with zero attached hydrogens (tertiary/aromatic N) is 2. The molecule has 7 heteroatoms. The quantitative estimate of drug-likeness (QED) is 0.112. The van der Waals surface area contributed by atoms with Gasteiger partial charge in [-0.15, -0.1) is 0 Å². The molecule has 0 aromatic carbocycles. The van der Waals surface area contributed by atoms with Crippen molar-refractivity contribution in [3.63, 3.8) is 0 Å². The van der Waals surface area contributed by atoms with Crippen LogP contribution in [0.15, 0.2) is 79.1 Å². The maximum absolute atomic E-state index is 12.3. The van der Waals surface area contributed by atoms with Gasteiger partial charge in [-0.1, -0.05) is 67.7 Å². The normalized spacial score (nSPS) is 14.3. The first kappa shape index (κ1) is 35.9. The maximum Gasteiger partial charge on any atom is 0.252 e. The Bertz CT molecular complexity index is 1020. The van der Waals surface area contributed by atoms with E-state index in [-0.39, 0.29) is 11.8 Å². The van der Waals surface area contributed by atoms with E-state index in [4.69, 9.17) is 4.74 Å². The van der Waals surface area contributed by atoms with Crippen molar-refractivity contribution < 1.29 is 14.3 Å². The molecular formula is C36H54N4O3. The molecular weight excluding hydrogens is 536 g/mol. The fourth-order valence-electron chi connectivity index (χ4n) is 4.53. The zero-order chi connectivity index (χ0) is 30.6. The van der Waals surface area contributed by atoms with Crippen molar-refractivity contribution in [2.45, 2.75) is 77.6 Å². The van der Waals surface area contributed by atoms with E-state index in [1.807, 2.05) is 12.1 Å². The van der Waals surface area contributed by atoms with Gasteiger partial charge in [-0.05, 0) is 83.0 Å². The summed E-state index contributed by atoms with van der Waals surface area (Å²) in [6, 6.07) is 3.77. The summed E-state index contributed by atoms with van der Waals surface area (Å²) in [5.74, 6) is -0.108. The summed E-state index contributed by atoms with van der Waals surface area (Å²) >= 11 is 0. The van der Waals surface area contributed by atoms with Crippen molar-refractivity contribution in [1.29, 1.82) is 0 Å². The number of amides is 2. The predicted octanol–water partition coefficient (Wildman–Crippen LogP) is 6.50. The summed E-state index contributed by atoms with van der Waals surface area (Å²) in [5, 5.41) is 5.74. The van der Waals surface area contributed by atoms with E-state index < -0.39 is 0 Å². The van der Waals surface area contributed by atoms with E-state index >= 15 is 0 Å². The summed E-state index contributed by atoms with van der Waals surface area (Å²) in [6.07, 6.45) is 34.2. The van der Waals surface area contributed by atoms with Crippen molar-refractivity contribution in [3.8, 4) is 0 Å². The number of allylic oxidation sites excluding steroid dienone is 10. The van der Waals surface area contributed by atoms with Crippen LogP contribution in [-0.2, 0) is 16.0 Å². The van der Waals surface area contributed by atoms with Gasteiger partial charge in [0, 0.05) is 44.4 Å². The van der Waals surface area contributed by atoms with Crippen LogP contribution in [0.5, 0.6) is 0 Å². The summed E-state index contributed by atoms with van der Waals surface area (Å²) in [4.78, 5) is 31.2. The lowest BCUT2D eigenvalue weighted by atomic mass is 10.2. The van der Waals surface area contributed by atoms with Gasteiger partial charge in [-0.25, -0.2) is 0 Å². The molecule has 0 saturated carbocycles. The van der Waals surface area contributed by atoms with Crippen molar-refractivity contribution in [1.82, 2.24) is 20.5 Å². The third-order valence-corrected chi connectivity index (χ3v) is 7.00. The highest BCUT2D eigenvalue weighted by atomic mass is 16.5. The second kappa shape index (κ2) is 25.2. The maximum atomic E-state index is 12.3. The van der Waals surface area contributed by atoms with Gasteiger partial charge in [0.15, 0.2) is 0 Å². The Balaban J connectivity index is 1.37. The van der Waals surface area contributed by atoms with Gasteiger partial charge in [0.25, 0.3) is 5.91 Å². The largest absolute Gasteiger partial charge is 0.378 e. The first-order valence-electron chi connectivity index (χ1n) is 16.2. The highest BCUT2D eigenvalue weighted by molar-refractivity contribution is 5.93. The molecule has 0 bridgehead atoms. The Hall–Kier alpha value is -3.29. The molecule has 2 rings (SSSR count). The molecule has 0 spiro atoms. The molecule has 1 saturated heterocycles. The number of pyridine rings is 1. The van der Waals surface area contributed by atoms with Gasteiger partial charge in [-0.2, -0.15) is 0 Å². The smallest absolute Gasteiger partial charge is 0.252 e. The highest BCUT2D eigenvalue weighted by Gasteiger charge is 2.11. The minimum atomic E-state index is -0.150. The van der Waals surface area contributed by atoms with Crippen LogP contribution < -0.4 is 10.6 Å². The Morgan fingerprint density at radius 2 is 1.44 bits per heavy atom. The predicted molar refractivity (Wildman–Crippen MR) is 178 cm³/mol. The Labute approximate surface area is 260 Å². The average Bonchev–Trinajstić information content (AvgIpc) is 3.55. The average molecular weight is 591 g/mol. The standard InChI is InChI=1S/C36H54N4O3/c1-2-3-4-5-6-7-8-9-10-11-12-13-14-15-16-17-18-21-35(41)37-25-30-43-31-26-38-36(42)33-22-23-34(39-32-33)24-29-40-27-19-20-28-40/h3-4,6-7,9-10,12-13,15-16,22-23,32H,2,5,8,11,14,17-21,24-31H2,1H3,(H,37,41)(H,38,42)/b4-3-,7-6-,10-9-,13-12-,16-15-. The number of carbonyl (C=O) groups is 2. The van der Waals surface area contributed by atoms with Gasteiger partial charge < -0.3 is 20.3 Å². The topological polar surface area (TPSA) is 83.6 Å². The molecule has 1 aliphatic rings. The molecule has 0 atom stereocenters. The van der Waals surface area contributed by atoms with Crippen molar-refractivity contribution in [2.75, 3.05) is 45.9 Å².